The summed E-state index contributed by atoms with van der Waals surface area (Å²) in [6, 6.07) is 6.13. The highest BCUT2D eigenvalue weighted by molar-refractivity contribution is 6.31. The number of anilines is 2. The largest absolute Gasteiger partial charge is 0.475 e. The van der Waals surface area contributed by atoms with Crippen LogP contribution in [0, 0.1) is 11.3 Å². The van der Waals surface area contributed by atoms with Crippen molar-refractivity contribution >= 4 is 28.9 Å². The molecule has 230 valence electrons. The quantitative estimate of drug-likeness (QED) is 0.325. The fourth-order valence-corrected chi connectivity index (χ4v) is 6.61. The van der Waals surface area contributed by atoms with Crippen LogP contribution >= 0.6 is 11.6 Å². The molecule has 0 saturated carbocycles. The Balaban J connectivity index is 1.54. The molecule has 8 nitrogen and oxygen atoms in total. The molecule has 13 heteroatoms. The molecular weight excluding hydrogens is 588 g/mol. The van der Waals surface area contributed by atoms with E-state index in [4.69, 9.17) is 21.3 Å². The van der Waals surface area contributed by atoms with Crippen LogP contribution in [0.25, 0.3) is 0 Å². The third-order valence-corrected chi connectivity index (χ3v) is 8.86. The monoisotopic (exact) mass is 620 g/mol. The lowest BCUT2D eigenvalue weighted by molar-refractivity contribution is -0.137. The van der Waals surface area contributed by atoms with Crippen molar-refractivity contribution in [2.24, 2.45) is 0 Å². The van der Waals surface area contributed by atoms with E-state index < -0.39 is 23.5 Å². The molecule has 0 spiro atoms. The number of pyridine rings is 1. The van der Waals surface area contributed by atoms with Gasteiger partial charge in [0.2, 0.25) is 5.88 Å². The van der Waals surface area contributed by atoms with Crippen molar-refractivity contribution in [1.82, 2.24) is 14.8 Å². The number of hydrogen-bond donors (Lipinski definition) is 0. The summed E-state index contributed by atoms with van der Waals surface area (Å²) in [4.78, 5) is 24.2. The van der Waals surface area contributed by atoms with Crippen molar-refractivity contribution in [2.75, 3.05) is 56.2 Å². The van der Waals surface area contributed by atoms with E-state index in [9.17, 15) is 27.6 Å². The maximum atomic E-state index is 14.0. The van der Waals surface area contributed by atoms with Crippen molar-refractivity contribution < 1.29 is 27.1 Å². The van der Waals surface area contributed by atoms with Gasteiger partial charge in [-0.2, -0.15) is 18.4 Å². The molecular formula is C30H33ClF4N6O2. The molecule has 2 atom stereocenters. The molecule has 3 aliphatic heterocycles. The van der Waals surface area contributed by atoms with Crippen molar-refractivity contribution in [1.29, 1.82) is 5.26 Å². The second-order valence-corrected chi connectivity index (χ2v) is 11.7. The SMILES string of the molecule is C=C(F)C(=O)N1CCN(c2c(C#N)c(OC[C@@H]3CCCN3C)nc3c2CCN(c2cccc(Cl)c2C(F)(F)F)C3)C[C@@H]1C. The van der Waals surface area contributed by atoms with Crippen LogP contribution in [0.2, 0.25) is 5.02 Å². The fourth-order valence-electron chi connectivity index (χ4n) is 6.33. The van der Waals surface area contributed by atoms with Gasteiger partial charge in [-0.25, -0.2) is 9.37 Å². The molecule has 2 saturated heterocycles. The standard InChI is InChI=1S/C30H33ClF4N6O2/c1-18-15-40(12-13-41(18)29(42)19(2)32)27-21-9-11-39(25-8-4-7-23(31)26(25)30(33,34)35)16-24(21)37-28(22(27)14-36)43-17-20-6-5-10-38(20)3/h4,7-8,18,20H,2,5-6,9-13,15-17H2,1,3H3/t18-,20-/m0/s1. The third kappa shape index (κ3) is 6.10. The molecule has 43 heavy (non-hydrogen) atoms. The fraction of sp³-hybridized carbons (Fsp3) is 0.500. The molecule has 0 N–H and O–H groups in total. The summed E-state index contributed by atoms with van der Waals surface area (Å²) < 4.78 is 62.0. The van der Waals surface area contributed by atoms with Gasteiger partial charge in [0.05, 0.1) is 34.2 Å². The average molecular weight is 621 g/mol. The van der Waals surface area contributed by atoms with Gasteiger partial charge < -0.3 is 24.3 Å². The number of fused-ring (bicyclic) bond motifs is 1. The van der Waals surface area contributed by atoms with E-state index in [1.807, 2.05) is 11.9 Å². The zero-order valence-electron chi connectivity index (χ0n) is 24.1. The lowest BCUT2D eigenvalue weighted by Crippen LogP contribution is -2.54. The minimum atomic E-state index is -4.66. The highest BCUT2D eigenvalue weighted by atomic mass is 35.5. The van der Waals surface area contributed by atoms with E-state index in [2.05, 4.69) is 17.5 Å². The van der Waals surface area contributed by atoms with Crippen LogP contribution in [0.1, 0.15) is 42.1 Å². The van der Waals surface area contributed by atoms with E-state index in [0.29, 0.717) is 37.5 Å². The van der Waals surface area contributed by atoms with Gasteiger partial charge in [0.1, 0.15) is 18.2 Å². The summed E-state index contributed by atoms with van der Waals surface area (Å²) in [6.07, 6.45) is -2.37. The second-order valence-electron chi connectivity index (χ2n) is 11.3. The summed E-state index contributed by atoms with van der Waals surface area (Å²) in [5.74, 6) is -1.68. The predicted molar refractivity (Wildman–Crippen MR) is 155 cm³/mol. The number of carbonyl (C=O) groups excluding carboxylic acids is 1. The number of likely N-dealkylation sites (tertiary alicyclic amines) is 1. The Bertz CT molecular complexity index is 1460. The van der Waals surface area contributed by atoms with Crippen molar-refractivity contribution in [3.05, 3.63) is 58.0 Å². The molecule has 0 aliphatic carbocycles. The van der Waals surface area contributed by atoms with Gasteiger partial charge in [-0.1, -0.05) is 24.2 Å². The number of carbonyl (C=O) groups is 1. The number of amides is 1. The van der Waals surface area contributed by atoms with Crippen LogP contribution in [0.4, 0.5) is 28.9 Å². The van der Waals surface area contributed by atoms with Crippen molar-refractivity contribution in [2.45, 2.75) is 51.0 Å². The van der Waals surface area contributed by atoms with Crippen LogP contribution in [0.5, 0.6) is 5.88 Å². The molecule has 1 aromatic heterocycles. The number of likely N-dealkylation sites (N-methyl/N-ethyl adjacent to an activating group) is 1. The van der Waals surface area contributed by atoms with Crippen LogP contribution < -0.4 is 14.5 Å². The molecule has 3 aliphatic rings. The molecule has 0 bridgehead atoms. The maximum absolute atomic E-state index is 14.0. The molecule has 0 unspecified atom stereocenters. The topological polar surface area (TPSA) is 75.9 Å². The van der Waals surface area contributed by atoms with Crippen LogP contribution in [-0.4, -0.2) is 79.2 Å². The predicted octanol–water partition coefficient (Wildman–Crippen LogP) is 5.18. The number of aromatic nitrogens is 1. The first kappa shape index (κ1) is 30.9. The number of rotatable bonds is 6. The van der Waals surface area contributed by atoms with E-state index in [1.165, 1.54) is 23.1 Å². The first-order valence-electron chi connectivity index (χ1n) is 14.2. The van der Waals surface area contributed by atoms with Gasteiger partial charge >= 0.3 is 6.18 Å². The minimum absolute atomic E-state index is 0.0411. The molecule has 1 amide bonds. The average Bonchev–Trinajstić information content (AvgIpc) is 3.37. The van der Waals surface area contributed by atoms with Gasteiger partial charge in [-0.3, -0.25) is 4.79 Å². The van der Waals surface area contributed by atoms with Crippen molar-refractivity contribution in [3.63, 3.8) is 0 Å². The van der Waals surface area contributed by atoms with Gasteiger partial charge in [0.15, 0.2) is 5.83 Å². The Hall–Kier alpha value is -3.56. The summed E-state index contributed by atoms with van der Waals surface area (Å²) >= 11 is 6.02. The normalized spacial score (nSPS) is 21.0. The molecule has 1 aromatic carbocycles. The first-order chi connectivity index (χ1) is 20.4. The Kier molecular flexibility index (Phi) is 8.77. The van der Waals surface area contributed by atoms with E-state index in [-0.39, 0.29) is 53.9 Å². The number of nitriles is 1. The number of alkyl halides is 3. The Labute approximate surface area is 253 Å². The number of benzene rings is 1. The zero-order valence-corrected chi connectivity index (χ0v) is 24.8. The van der Waals surface area contributed by atoms with Gasteiger partial charge in [0, 0.05) is 43.8 Å². The highest BCUT2D eigenvalue weighted by Gasteiger charge is 2.39. The molecule has 5 rings (SSSR count). The van der Waals surface area contributed by atoms with Crippen LogP contribution in [0.15, 0.2) is 30.6 Å². The summed E-state index contributed by atoms with van der Waals surface area (Å²) in [7, 11) is 2.01. The van der Waals surface area contributed by atoms with Gasteiger partial charge in [0.25, 0.3) is 5.91 Å². The Morgan fingerprint density at radius 1 is 1.23 bits per heavy atom. The number of hydrogen-bond acceptors (Lipinski definition) is 7. The number of piperazine rings is 1. The van der Waals surface area contributed by atoms with Gasteiger partial charge in [-0.05, 0) is 51.9 Å². The summed E-state index contributed by atoms with van der Waals surface area (Å²) in [5.41, 5.74) is 1.15. The third-order valence-electron chi connectivity index (χ3n) is 8.54. The second kappa shape index (κ2) is 12.2. The van der Waals surface area contributed by atoms with E-state index >= 15 is 0 Å². The molecule has 2 aromatic rings. The van der Waals surface area contributed by atoms with Crippen LogP contribution in [0.3, 0.4) is 0 Å². The minimum Gasteiger partial charge on any atom is -0.475 e. The van der Waals surface area contributed by atoms with Crippen molar-refractivity contribution in [3.8, 4) is 11.9 Å². The molecule has 4 heterocycles. The highest BCUT2D eigenvalue weighted by Crippen LogP contribution is 2.44. The lowest BCUT2D eigenvalue weighted by Gasteiger charge is -2.42. The molecule has 0 radical (unpaired) electrons. The lowest BCUT2D eigenvalue weighted by atomic mass is 9.96. The summed E-state index contributed by atoms with van der Waals surface area (Å²) in [6.45, 7) is 7.28. The Morgan fingerprint density at radius 3 is 2.63 bits per heavy atom. The number of ether oxygens (including phenoxy) is 1. The molecule has 2 fully saturated rings. The van der Waals surface area contributed by atoms with Crippen LogP contribution in [-0.2, 0) is 23.9 Å². The maximum Gasteiger partial charge on any atom is 0.419 e. The van der Waals surface area contributed by atoms with Gasteiger partial charge in [-0.15, -0.1) is 0 Å². The van der Waals surface area contributed by atoms with E-state index in [0.717, 1.165) is 24.9 Å². The number of nitrogens with zero attached hydrogens (tertiary/aromatic N) is 6. The number of halogens is 5. The Morgan fingerprint density at radius 2 is 2.00 bits per heavy atom. The van der Waals surface area contributed by atoms with E-state index in [1.54, 1.807) is 11.8 Å². The zero-order chi connectivity index (χ0) is 31.1. The smallest absolute Gasteiger partial charge is 0.419 e. The summed E-state index contributed by atoms with van der Waals surface area (Å²) in [5, 5.41) is 9.97. The first-order valence-corrected chi connectivity index (χ1v) is 14.6.